The van der Waals surface area contributed by atoms with E-state index >= 15 is 0 Å². The molecule has 0 saturated carbocycles. The van der Waals surface area contributed by atoms with Crippen LogP contribution in [0, 0.1) is 5.92 Å². The zero-order valence-electron chi connectivity index (χ0n) is 14.6. The molecule has 1 atom stereocenters. The maximum Gasteiger partial charge on any atom is 0.255 e. The van der Waals surface area contributed by atoms with Crippen LogP contribution in [0.3, 0.4) is 0 Å². The third-order valence-electron chi connectivity index (χ3n) is 3.28. The van der Waals surface area contributed by atoms with E-state index in [0.29, 0.717) is 13.1 Å². The molecule has 0 radical (unpaired) electrons. The van der Waals surface area contributed by atoms with Gasteiger partial charge in [-0.1, -0.05) is 43.1 Å². The van der Waals surface area contributed by atoms with Crippen LogP contribution in [0.2, 0.25) is 10.0 Å². The average molecular weight is 318 g/mol. The number of hydrogen-bond acceptors (Lipinski definition) is 2. The summed E-state index contributed by atoms with van der Waals surface area (Å²) in [5, 5.41) is 2.97. The van der Waals surface area contributed by atoms with Crippen molar-refractivity contribution in [1.82, 2.24) is 10.2 Å². The van der Waals surface area contributed by atoms with E-state index < -0.39 is 5.91 Å². The van der Waals surface area contributed by atoms with E-state index in [1.807, 2.05) is 13.8 Å². The average Bonchev–Trinajstić information content (AvgIpc) is 3.02. The highest BCUT2D eigenvalue weighted by Gasteiger charge is 2.29. The minimum atomic E-state index is -0.391. The molecule has 0 aliphatic carbocycles. The van der Waals surface area contributed by atoms with Crippen LogP contribution in [0.1, 0.15) is 34.7 Å². The summed E-state index contributed by atoms with van der Waals surface area (Å²) in [4.78, 5) is 14.7. The van der Waals surface area contributed by atoms with Gasteiger partial charge in [-0.25, -0.2) is 0 Å². The molecule has 1 aromatic rings. The van der Waals surface area contributed by atoms with E-state index in [1.54, 1.807) is 4.90 Å². The second kappa shape index (κ2) is 6.79. The number of halogens is 2. The first-order valence-electron chi connectivity index (χ1n) is 8.22. The summed E-state index contributed by atoms with van der Waals surface area (Å²) in [7, 11) is 0. The topological polar surface area (TPSA) is 32.3 Å². The summed E-state index contributed by atoms with van der Waals surface area (Å²) in [6.45, 7) is 6.10. The first-order valence-corrected chi connectivity index (χ1v) is 7.47. The first kappa shape index (κ1) is 11.8. The summed E-state index contributed by atoms with van der Waals surface area (Å²) in [6, 6.07) is -1.01. The van der Waals surface area contributed by atoms with E-state index in [9.17, 15) is 4.79 Å². The maximum absolute atomic E-state index is 13.0. The van der Waals surface area contributed by atoms with E-state index in [2.05, 4.69) is 5.32 Å². The number of amides is 1. The Morgan fingerprint density at radius 3 is 2.90 bits per heavy atom. The Kier molecular flexibility index (Phi) is 4.02. The summed E-state index contributed by atoms with van der Waals surface area (Å²) in [5.41, 5.74) is -0.0785. The minimum Gasteiger partial charge on any atom is -0.334 e. The van der Waals surface area contributed by atoms with Gasteiger partial charge in [-0.2, -0.15) is 0 Å². The van der Waals surface area contributed by atoms with Gasteiger partial charge in [0.25, 0.3) is 5.91 Å². The Morgan fingerprint density at radius 2 is 2.30 bits per heavy atom. The van der Waals surface area contributed by atoms with Crippen LogP contribution < -0.4 is 5.32 Å². The Morgan fingerprint density at radius 1 is 1.55 bits per heavy atom. The minimum absolute atomic E-state index is 0.0315. The molecule has 1 fully saturated rings. The predicted molar refractivity (Wildman–Crippen MR) is 83.6 cm³/mol. The normalized spacial score (nSPS) is 20.6. The van der Waals surface area contributed by atoms with Crippen LogP contribution in [0.5, 0.6) is 0 Å². The molecule has 1 heterocycles. The lowest BCUT2D eigenvalue weighted by molar-refractivity contribution is 0.0667. The molecule has 0 bridgehead atoms. The van der Waals surface area contributed by atoms with Crippen LogP contribution in [-0.2, 0) is 0 Å². The molecule has 110 valence electrons. The number of nitrogens with one attached hydrogen (secondary N) is 1. The lowest BCUT2D eigenvalue weighted by Crippen LogP contribution is -2.43. The van der Waals surface area contributed by atoms with Gasteiger partial charge in [0, 0.05) is 19.1 Å². The Labute approximate surface area is 134 Å². The number of carbonyl (C=O) groups excluding carboxylic acids is 1. The molecule has 1 saturated heterocycles. The zero-order valence-corrected chi connectivity index (χ0v) is 13.1. The van der Waals surface area contributed by atoms with Crippen molar-refractivity contribution in [1.29, 1.82) is 0 Å². The second-order valence-corrected chi connectivity index (χ2v) is 6.13. The van der Waals surface area contributed by atoms with Crippen molar-refractivity contribution in [2.75, 3.05) is 19.6 Å². The monoisotopic (exact) mass is 317 g/mol. The highest BCUT2D eigenvalue weighted by molar-refractivity contribution is 6.43. The van der Waals surface area contributed by atoms with E-state index in [4.69, 9.17) is 27.3 Å². The molecule has 1 unspecified atom stereocenters. The van der Waals surface area contributed by atoms with Gasteiger partial charge in [0.05, 0.1) is 19.7 Å². The van der Waals surface area contributed by atoms with Gasteiger partial charge in [-0.15, -0.1) is 0 Å². The maximum atomic E-state index is 13.0. The van der Waals surface area contributed by atoms with Gasteiger partial charge in [0.15, 0.2) is 0 Å². The van der Waals surface area contributed by atoms with Crippen molar-refractivity contribution in [3.05, 3.63) is 33.7 Å². The molecular formula is C15H20Cl2N2O. The van der Waals surface area contributed by atoms with Crippen LogP contribution in [0.25, 0.3) is 0 Å². The third-order valence-corrected chi connectivity index (χ3v) is 4.04. The van der Waals surface area contributed by atoms with Crippen LogP contribution in [0.15, 0.2) is 18.1 Å². The largest absolute Gasteiger partial charge is 0.334 e. The highest BCUT2D eigenvalue weighted by atomic mass is 35.5. The van der Waals surface area contributed by atoms with Crippen molar-refractivity contribution >= 4 is 29.1 Å². The zero-order chi connectivity index (χ0) is 17.3. The fourth-order valence-electron chi connectivity index (χ4n) is 2.36. The molecule has 0 spiro atoms. The molecule has 0 aromatic heterocycles. The quantitative estimate of drug-likeness (QED) is 0.922. The van der Waals surface area contributed by atoms with E-state index in [1.165, 1.54) is 0 Å². The number of carbonyl (C=O) groups is 1. The van der Waals surface area contributed by atoms with E-state index in [-0.39, 0.29) is 45.7 Å². The van der Waals surface area contributed by atoms with Crippen molar-refractivity contribution in [3.63, 3.8) is 0 Å². The van der Waals surface area contributed by atoms with Crippen molar-refractivity contribution in [2.45, 2.75) is 26.3 Å². The van der Waals surface area contributed by atoms with Gasteiger partial charge in [0.1, 0.15) is 0 Å². The molecular weight excluding hydrogens is 295 g/mol. The molecule has 5 heteroatoms. The summed E-state index contributed by atoms with van der Waals surface area (Å²) in [6.07, 6.45) is 0.835. The highest BCUT2D eigenvalue weighted by Crippen LogP contribution is 2.27. The summed E-state index contributed by atoms with van der Waals surface area (Å²) in [5.74, 6) is -0.133. The molecule has 20 heavy (non-hydrogen) atoms. The Bertz CT molecular complexity index is 590. The first-order chi connectivity index (χ1) is 10.8. The van der Waals surface area contributed by atoms with Gasteiger partial charge >= 0.3 is 0 Å². The van der Waals surface area contributed by atoms with Crippen molar-refractivity contribution in [2.24, 2.45) is 5.92 Å². The molecule has 1 amide bonds. The SMILES string of the molecule is [2H]c1c([2H])c(Cl)c(Cl)c(C(=O)N(CC(C)C)C2CCNC2)c1[2H]. The molecule has 1 aliphatic rings. The number of nitrogens with zero attached hydrogens (tertiary/aromatic N) is 1. The van der Waals surface area contributed by atoms with Gasteiger partial charge in [-0.05, 0) is 31.0 Å². The van der Waals surface area contributed by atoms with Gasteiger partial charge in [-0.3, -0.25) is 4.79 Å². The standard InChI is InChI=1S/C15H20Cl2N2O/c1-10(2)9-19(11-6-7-18-8-11)15(20)12-4-3-5-13(16)14(12)17/h3-5,10-11,18H,6-9H2,1-2H3/i3D,4D,5D. The molecule has 3 nitrogen and oxygen atoms in total. The predicted octanol–water partition coefficient (Wildman–Crippen LogP) is 3.45. The second-order valence-electron chi connectivity index (χ2n) is 5.38. The lowest BCUT2D eigenvalue weighted by Gasteiger charge is -2.30. The number of rotatable bonds is 4. The number of benzene rings is 1. The van der Waals surface area contributed by atoms with Gasteiger partial charge < -0.3 is 10.2 Å². The van der Waals surface area contributed by atoms with Gasteiger partial charge in [0.2, 0.25) is 0 Å². The molecule has 2 rings (SSSR count). The molecule has 1 aromatic carbocycles. The summed E-state index contributed by atoms with van der Waals surface area (Å²) >= 11 is 12.1. The van der Waals surface area contributed by atoms with Crippen LogP contribution in [-0.4, -0.2) is 36.5 Å². The lowest BCUT2D eigenvalue weighted by atomic mass is 10.1. The fraction of sp³-hybridized carbons (Fsp3) is 0.533. The fourth-order valence-corrected chi connectivity index (χ4v) is 2.67. The van der Waals surface area contributed by atoms with Crippen molar-refractivity contribution < 1.29 is 8.91 Å². The van der Waals surface area contributed by atoms with Crippen LogP contribution in [0.4, 0.5) is 0 Å². The van der Waals surface area contributed by atoms with E-state index in [0.717, 1.165) is 13.0 Å². The van der Waals surface area contributed by atoms with Crippen LogP contribution >= 0.6 is 23.2 Å². The van der Waals surface area contributed by atoms with Crippen molar-refractivity contribution in [3.8, 4) is 0 Å². The summed E-state index contributed by atoms with van der Waals surface area (Å²) < 4.78 is 23.5. The molecule has 1 N–H and O–H groups in total. The Hall–Kier alpha value is -0.770. The third kappa shape index (κ3) is 3.46. The smallest absolute Gasteiger partial charge is 0.255 e. The molecule has 1 aliphatic heterocycles. The Balaban J connectivity index is 2.48. The number of hydrogen-bond donors (Lipinski definition) is 1.